The van der Waals surface area contributed by atoms with Crippen LogP contribution in [0.4, 0.5) is 20.2 Å². The number of hydrogen-bond acceptors (Lipinski definition) is 4. The first-order valence-corrected chi connectivity index (χ1v) is 6.05. The first kappa shape index (κ1) is 14.2. The van der Waals surface area contributed by atoms with Crippen molar-refractivity contribution in [2.24, 2.45) is 0 Å². The molecule has 1 aliphatic rings. The highest BCUT2D eigenvalue weighted by Crippen LogP contribution is 2.36. The maximum atomic E-state index is 13.9. The van der Waals surface area contributed by atoms with Gasteiger partial charge in [0, 0.05) is 12.6 Å². The molecule has 1 fully saturated rings. The van der Waals surface area contributed by atoms with Crippen molar-refractivity contribution in [1.29, 1.82) is 0 Å². The average molecular weight is 286 g/mol. The maximum Gasteiger partial charge on any atom is 0.326 e. The number of nitro groups is 1. The van der Waals surface area contributed by atoms with Gasteiger partial charge < -0.3 is 10.0 Å². The number of carbonyl (C=O) groups is 1. The van der Waals surface area contributed by atoms with Gasteiger partial charge >= 0.3 is 5.97 Å². The number of halogens is 2. The van der Waals surface area contributed by atoms with Crippen LogP contribution in [-0.4, -0.2) is 28.6 Å². The zero-order chi connectivity index (χ0) is 14.9. The number of hydrogen-bond donors (Lipinski definition) is 1. The Bertz CT molecular complexity index is 565. The van der Waals surface area contributed by atoms with E-state index in [0.717, 1.165) is 11.0 Å². The highest BCUT2D eigenvalue weighted by Gasteiger charge is 2.35. The van der Waals surface area contributed by atoms with Crippen LogP contribution in [0.1, 0.15) is 19.3 Å². The predicted octanol–water partition coefficient (Wildman–Crippen LogP) is 2.32. The Hall–Kier alpha value is -2.25. The Labute approximate surface area is 112 Å². The minimum absolute atomic E-state index is 0.137. The van der Waals surface area contributed by atoms with Crippen molar-refractivity contribution >= 4 is 17.3 Å². The summed E-state index contributed by atoms with van der Waals surface area (Å²) >= 11 is 0. The lowest BCUT2D eigenvalue weighted by Gasteiger charge is -2.34. The van der Waals surface area contributed by atoms with E-state index >= 15 is 0 Å². The molecule has 0 spiro atoms. The summed E-state index contributed by atoms with van der Waals surface area (Å²) in [5.74, 6) is -3.82. The van der Waals surface area contributed by atoms with Crippen LogP contribution >= 0.6 is 0 Å². The number of benzene rings is 1. The van der Waals surface area contributed by atoms with Crippen LogP contribution in [0.15, 0.2) is 12.1 Å². The molecule has 1 aromatic rings. The zero-order valence-corrected chi connectivity index (χ0v) is 10.4. The van der Waals surface area contributed by atoms with Crippen molar-refractivity contribution < 1.29 is 23.6 Å². The largest absolute Gasteiger partial charge is 0.480 e. The molecule has 1 aliphatic heterocycles. The molecule has 108 valence electrons. The van der Waals surface area contributed by atoms with E-state index in [1.807, 2.05) is 0 Å². The zero-order valence-electron chi connectivity index (χ0n) is 10.4. The van der Waals surface area contributed by atoms with Gasteiger partial charge in [0.25, 0.3) is 5.69 Å². The molecule has 8 heteroatoms. The number of carboxylic acid groups (broad SMARTS) is 1. The third-order valence-corrected chi connectivity index (χ3v) is 3.32. The molecule has 0 amide bonds. The summed E-state index contributed by atoms with van der Waals surface area (Å²) in [6.07, 6.45) is 1.43. The molecule has 0 saturated carbocycles. The van der Waals surface area contributed by atoms with E-state index in [1.165, 1.54) is 0 Å². The van der Waals surface area contributed by atoms with E-state index in [1.54, 1.807) is 0 Å². The van der Waals surface area contributed by atoms with Crippen LogP contribution in [0.3, 0.4) is 0 Å². The maximum absolute atomic E-state index is 13.9. The second-order valence-electron chi connectivity index (χ2n) is 4.53. The molecule has 0 aliphatic carbocycles. The molecule has 0 bridgehead atoms. The van der Waals surface area contributed by atoms with Crippen LogP contribution in [0, 0.1) is 21.7 Å². The Morgan fingerprint density at radius 2 is 2.10 bits per heavy atom. The van der Waals surface area contributed by atoms with Crippen molar-refractivity contribution in [3.8, 4) is 0 Å². The molecule has 1 aromatic carbocycles. The lowest BCUT2D eigenvalue weighted by Crippen LogP contribution is -2.45. The summed E-state index contributed by atoms with van der Waals surface area (Å²) in [6, 6.07) is 0.427. The molecule has 1 saturated heterocycles. The van der Waals surface area contributed by atoms with Crippen molar-refractivity contribution in [1.82, 2.24) is 0 Å². The quantitative estimate of drug-likeness (QED) is 0.681. The Morgan fingerprint density at radius 3 is 2.70 bits per heavy atom. The summed E-state index contributed by atoms with van der Waals surface area (Å²) in [5.41, 5.74) is -1.21. The first-order valence-electron chi connectivity index (χ1n) is 6.05. The molecular weight excluding hydrogens is 274 g/mol. The fraction of sp³-hybridized carbons (Fsp3) is 0.417. The fourth-order valence-electron chi connectivity index (χ4n) is 2.41. The van der Waals surface area contributed by atoms with Gasteiger partial charge in [-0.05, 0) is 25.3 Å². The summed E-state index contributed by atoms with van der Waals surface area (Å²) < 4.78 is 27.3. The van der Waals surface area contributed by atoms with E-state index in [2.05, 4.69) is 0 Å². The van der Waals surface area contributed by atoms with Gasteiger partial charge in [-0.1, -0.05) is 0 Å². The fourth-order valence-corrected chi connectivity index (χ4v) is 2.41. The Kier molecular flexibility index (Phi) is 3.82. The Morgan fingerprint density at radius 1 is 1.40 bits per heavy atom. The van der Waals surface area contributed by atoms with Crippen molar-refractivity contribution in [3.63, 3.8) is 0 Å². The normalized spacial score (nSPS) is 18.9. The summed E-state index contributed by atoms with van der Waals surface area (Å²) in [6.45, 7) is 0.137. The number of nitro benzene ring substituents is 1. The van der Waals surface area contributed by atoms with E-state index in [-0.39, 0.29) is 13.0 Å². The van der Waals surface area contributed by atoms with Gasteiger partial charge in [0.2, 0.25) is 0 Å². The van der Waals surface area contributed by atoms with E-state index in [9.17, 15) is 23.7 Å². The minimum Gasteiger partial charge on any atom is -0.480 e. The first-order chi connectivity index (χ1) is 9.43. The van der Waals surface area contributed by atoms with E-state index in [0.29, 0.717) is 18.9 Å². The number of aliphatic carboxylic acids is 1. The monoisotopic (exact) mass is 286 g/mol. The van der Waals surface area contributed by atoms with Crippen LogP contribution in [-0.2, 0) is 4.79 Å². The lowest BCUT2D eigenvalue weighted by atomic mass is 10.0. The molecule has 20 heavy (non-hydrogen) atoms. The summed E-state index contributed by atoms with van der Waals surface area (Å²) in [5, 5.41) is 20.1. The van der Waals surface area contributed by atoms with Crippen LogP contribution in [0.5, 0.6) is 0 Å². The molecule has 1 atom stereocenters. The SMILES string of the molecule is O=C(O)C1CCCCN1c1c([N+](=O)[O-])ccc(F)c1F. The van der Waals surface area contributed by atoms with E-state index in [4.69, 9.17) is 5.11 Å². The molecular formula is C12H12F2N2O4. The van der Waals surface area contributed by atoms with Crippen LogP contribution in [0.25, 0.3) is 0 Å². The molecule has 2 rings (SSSR count). The van der Waals surface area contributed by atoms with Gasteiger partial charge in [-0.25, -0.2) is 13.6 Å². The highest BCUT2D eigenvalue weighted by atomic mass is 19.2. The van der Waals surface area contributed by atoms with Crippen LogP contribution < -0.4 is 4.90 Å². The van der Waals surface area contributed by atoms with Gasteiger partial charge in [0.15, 0.2) is 17.3 Å². The molecule has 6 nitrogen and oxygen atoms in total. The number of rotatable bonds is 3. The minimum atomic E-state index is -1.38. The van der Waals surface area contributed by atoms with Gasteiger partial charge in [-0.3, -0.25) is 10.1 Å². The number of piperidine rings is 1. The van der Waals surface area contributed by atoms with Gasteiger partial charge in [0.05, 0.1) is 4.92 Å². The number of carboxylic acids is 1. The van der Waals surface area contributed by atoms with Gasteiger partial charge in [-0.15, -0.1) is 0 Å². The number of anilines is 1. The number of nitrogens with zero attached hydrogens (tertiary/aromatic N) is 2. The highest BCUT2D eigenvalue weighted by molar-refractivity contribution is 5.80. The summed E-state index contributed by atoms with van der Waals surface area (Å²) in [7, 11) is 0. The average Bonchev–Trinajstić information content (AvgIpc) is 2.41. The van der Waals surface area contributed by atoms with E-state index < -0.39 is 39.9 Å². The predicted molar refractivity (Wildman–Crippen MR) is 65.6 cm³/mol. The van der Waals surface area contributed by atoms with Crippen molar-refractivity contribution in [2.75, 3.05) is 11.4 Å². The smallest absolute Gasteiger partial charge is 0.326 e. The van der Waals surface area contributed by atoms with Crippen molar-refractivity contribution in [2.45, 2.75) is 25.3 Å². The van der Waals surface area contributed by atoms with Gasteiger partial charge in [-0.2, -0.15) is 0 Å². The summed E-state index contributed by atoms with van der Waals surface area (Å²) in [4.78, 5) is 22.4. The third-order valence-electron chi connectivity index (χ3n) is 3.32. The lowest BCUT2D eigenvalue weighted by molar-refractivity contribution is -0.384. The molecule has 1 unspecified atom stereocenters. The van der Waals surface area contributed by atoms with Crippen molar-refractivity contribution in [3.05, 3.63) is 33.9 Å². The van der Waals surface area contributed by atoms with Gasteiger partial charge in [0.1, 0.15) is 6.04 Å². The molecule has 1 N–H and O–H groups in total. The molecule has 1 heterocycles. The second kappa shape index (κ2) is 5.40. The third kappa shape index (κ3) is 2.40. The van der Waals surface area contributed by atoms with Crippen LogP contribution in [0.2, 0.25) is 0 Å². The molecule has 0 radical (unpaired) electrons. The second-order valence-corrected chi connectivity index (χ2v) is 4.53. The molecule has 0 aromatic heterocycles. The Balaban J connectivity index is 2.56. The topological polar surface area (TPSA) is 83.7 Å². The standard InChI is InChI=1S/C12H12F2N2O4/c13-7-4-5-8(16(19)20)11(10(7)14)15-6-2-1-3-9(15)12(17)18/h4-5,9H,1-3,6H2,(H,17,18).